The van der Waals surface area contributed by atoms with Crippen molar-refractivity contribution in [1.82, 2.24) is 15.5 Å². The van der Waals surface area contributed by atoms with Crippen LogP contribution in [0.5, 0.6) is 0 Å². The first-order valence-corrected chi connectivity index (χ1v) is 9.66. The Kier molecular flexibility index (Phi) is 9.46. The lowest BCUT2D eigenvalue weighted by atomic mass is 10.4. The number of methoxy groups -OCH3 is 1. The smallest absolute Gasteiger partial charge is 0.191 e. The molecule has 140 valence electrons. The van der Waals surface area contributed by atoms with Gasteiger partial charge in [0.2, 0.25) is 0 Å². The number of hydrogen-bond acceptors (Lipinski definition) is 4. The lowest BCUT2D eigenvalue weighted by Crippen LogP contribution is -2.42. The van der Waals surface area contributed by atoms with E-state index in [0.717, 1.165) is 76.9 Å². The molecular formula is C18H36N4O2. The number of ether oxygens (including phenoxy) is 2. The lowest BCUT2D eigenvalue weighted by Gasteiger charge is -2.22. The van der Waals surface area contributed by atoms with Gasteiger partial charge in [-0.05, 0) is 44.9 Å². The third kappa shape index (κ3) is 8.85. The van der Waals surface area contributed by atoms with Gasteiger partial charge in [-0.3, -0.25) is 9.89 Å². The van der Waals surface area contributed by atoms with Crippen LogP contribution >= 0.6 is 0 Å². The van der Waals surface area contributed by atoms with Crippen molar-refractivity contribution in [3.63, 3.8) is 0 Å². The summed E-state index contributed by atoms with van der Waals surface area (Å²) >= 11 is 0. The molecule has 0 heterocycles. The van der Waals surface area contributed by atoms with E-state index in [1.165, 1.54) is 25.7 Å². The van der Waals surface area contributed by atoms with Crippen LogP contribution in [0.4, 0.5) is 0 Å². The molecule has 0 aliphatic heterocycles. The van der Waals surface area contributed by atoms with Crippen LogP contribution in [0, 0.1) is 5.92 Å². The molecule has 0 aromatic rings. The van der Waals surface area contributed by atoms with Gasteiger partial charge in [-0.1, -0.05) is 0 Å². The van der Waals surface area contributed by atoms with Gasteiger partial charge in [0.1, 0.15) is 0 Å². The van der Waals surface area contributed by atoms with Gasteiger partial charge in [-0.15, -0.1) is 0 Å². The number of guanidine groups is 1. The van der Waals surface area contributed by atoms with Gasteiger partial charge < -0.3 is 20.1 Å². The standard InChI is InChI=1S/C18H36N4O2/c1-3-19-18(20-9-4-13-24-15-16-5-6-16)21-10-11-22(12-14-23-2)17-7-8-17/h16-17H,3-15H2,1-2H3,(H2,19,20,21). The van der Waals surface area contributed by atoms with E-state index in [0.29, 0.717) is 0 Å². The number of hydrogen-bond donors (Lipinski definition) is 2. The van der Waals surface area contributed by atoms with E-state index in [9.17, 15) is 0 Å². The summed E-state index contributed by atoms with van der Waals surface area (Å²) in [5.74, 6) is 1.77. The maximum atomic E-state index is 5.65. The first-order chi connectivity index (χ1) is 11.8. The fourth-order valence-electron chi connectivity index (χ4n) is 2.68. The maximum Gasteiger partial charge on any atom is 0.191 e. The molecule has 2 saturated carbocycles. The largest absolute Gasteiger partial charge is 0.383 e. The lowest BCUT2D eigenvalue weighted by molar-refractivity contribution is 0.123. The van der Waals surface area contributed by atoms with Crippen molar-refractivity contribution in [3.8, 4) is 0 Å². The van der Waals surface area contributed by atoms with Crippen LogP contribution in [0.25, 0.3) is 0 Å². The Hall–Kier alpha value is -0.850. The number of nitrogens with zero attached hydrogens (tertiary/aromatic N) is 2. The normalized spacial score (nSPS) is 18.2. The molecule has 0 unspecified atom stereocenters. The van der Waals surface area contributed by atoms with E-state index < -0.39 is 0 Å². The molecule has 2 aliphatic carbocycles. The molecule has 6 nitrogen and oxygen atoms in total. The van der Waals surface area contributed by atoms with Crippen LogP contribution < -0.4 is 10.6 Å². The Bertz CT molecular complexity index is 357. The molecule has 0 saturated heterocycles. The second-order valence-corrected chi connectivity index (χ2v) is 6.82. The highest BCUT2D eigenvalue weighted by Gasteiger charge is 2.28. The molecule has 0 spiro atoms. The molecule has 0 bridgehead atoms. The van der Waals surface area contributed by atoms with Crippen molar-refractivity contribution in [1.29, 1.82) is 0 Å². The summed E-state index contributed by atoms with van der Waals surface area (Å²) in [4.78, 5) is 7.16. The molecule has 2 rings (SSSR count). The molecule has 6 heteroatoms. The van der Waals surface area contributed by atoms with Crippen molar-refractivity contribution >= 4 is 5.96 Å². The molecule has 0 amide bonds. The Morgan fingerprint density at radius 2 is 1.96 bits per heavy atom. The summed E-state index contributed by atoms with van der Waals surface area (Å²) < 4.78 is 10.9. The predicted molar refractivity (Wildman–Crippen MR) is 98.6 cm³/mol. The monoisotopic (exact) mass is 340 g/mol. The highest BCUT2D eigenvalue weighted by atomic mass is 16.5. The molecule has 2 aliphatic rings. The van der Waals surface area contributed by atoms with E-state index in [1.54, 1.807) is 7.11 Å². The zero-order chi connectivity index (χ0) is 17.0. The fourth-order valence-corrected chi connectivity index (χ4v) is 2.68. The minimum Gasteiger partial charge on any atom is -0.383 e. The van der Waals surface area contributed by atoms with Crippen LogP contribution in [0.1, 0.15) is 39.0 Å². The van der Waals surface area contributed by atoms with Gasteiger partial charge in [0, 0.05) is 59.1 Å². The van der Waals surface area contributed by atoms with E-state index in [1.807, 2.05) is 0 Å². The Labute approximate surface area is 147 Å². The van der Waals surface area contributed by atoms with Gasteiger partial charge in [-0.2, -0.15) is 0 Å². The molecule has 0 atom stereocenters. The van der Waals surface area contributed by atoms with Gasteiger partial charge in [0.25, 0.3) is 0 Å². The highest BCUT2D eigenvalue weighted by Crippen LogP contribution is 2.28. The minimum absolute atomic E-state index is 0.769. The topological polar surface area (TPSA) is 58.1 Å². The van der Waals surface area contributed by atoms with Crippen molar-refractivity contribution in [2.24, 2.45) is 10.9 Å². The molecular weight excluding hydrogens is 304 g/mol. The second-order valence-electron chi connectivity index (χ2n) is 6.82. The summed E-state index contributed by atoms with van der Waals surface area (Å²) in [6, 6.07) is 0.769. The number of aliphatic imine (C=N–C) groups is 1. The number of rotatable bonds is 14. The van der Waals surface area contributed by atoms with Crippen LogP contribution in [-0.2, 0) is 9.47 Å². The summed E-state index contributed by atoms with van der Waals surface area (Å²) in [5, 5.41) is 6.76. The summed E-state index contributed by atoms with van der Waals surface area (Å²) in [6.45, 7) is 9.38. The minimum atomic E-state index is 0.769. The molecule has 0 radical (unpaired) electrons. The van der Waals surface area contributed by atoms with E-state index >= 15 is 0 Å². The SMILES string of the molecule is CCNC(=NCCCOCC1CC1)NCCN(CCOC)C1CC1. The average molecular weight is 341 g/mol. The van der Waals surface area contributed by atoms with Crippen molar-refractivity contribution in [2.45, 2.75) is 45.1 Å². The van der Waals surface area contributed by atoms with Crippen LogP contribution in [0.2, 0.25) is 0 Å². The summed E-state index contributed by atoms with van der Waals surface area (Å²) in [5.41, 5.74) is 0. The third-order valence-electron chi connectivity index (χ3n) is 4.45. The molecule has 0 aromatic heterocycles. The van der Waals surface area contributed by atoms with Gasteiger partial charge in [-0.25, -0.2) is 0 Å². The van der Waals surface area contributed by atoms with Crippen LogP contribution in [0.3, 0.4) is 0 Å². The van der Waals surface area contributed by atoms with Crippen molar-refractivity contribution < 1.29 is 9.47 Å². The average Bonchev–Trinajstić information content (AvgIpc) is 3.47. The third-order valence-corrected chi connectivity index (χ3v) is 4.45. The maximum absolute atomic E-state index is 5.65. The van der Waals surface area contributed by atoms with E-state index in [4.69, 9.17) is 9.47 Å². The van der Waals surface area contributed by atoms with Crippen molar-refractivity contribution in [2.75, 3.05) is 59.7 Å². The van der Waals surface area contributed by atoms with E-state index in [-0.39, 0.29) is 0 Å². The van der Waals surface area contributed by atoms with Crippen LogP contribution in [-0.4, -0.2) is 76.6 Å². The quantitative estimate of drug-likeness (QED) is 0.285. The molecule has 2 fully saturated rings. The Morgan fingerprint density at radius 1 is 1.12 bits per heavy atom. The zero-order valence-corrected chi connectivity index (χ0v) is 15.6. The van der Waals surface area contributed by atoms with Gasteiger partial charge in [0.05, 0.1) is 6.61 Å². The zero-order valence-electron chi connectivity index (χ0n) is 15.6. The summed E-state index contributed by atoms with van der Waals surface area (Å²) in [6.07, 6.45) is 6.37. The fraction of sp³-hybridized carbons (Fsp3) is 0.944. The van der Waals surface area contributed by atoms with E-state index in [2.05, 4.69) is 27.4 Å². The van der Waals surface area contributed by atoms with Gasteiger partial charge >= 0.3 is 0 Å². The molecule has 24 heavy (non-hydrogen) atoms. The summed E-state index contributed by atoms with van der Waals surface area (Å²) in [7, 11) is 1.77. The second kappa shape index (κ2) is 11.7. The molecule has 2 N–H and O–H groups in total. The van der Waals surface area contributed by atoms with Gasteiger partial charge in [0.15, 0.2) is 5.96 Å². The highest BCUT2D eigenvalue weighted by molar-refractivity contribution is 5.79. The van der Waals surface area contributed by atoms with Crippen LogP contribution in [0.15, 0.2) is 4.99 Å². The first-order valence-electron chi connectivity index (χ1n) is 9.66. The predicted octanol–water partition coefficient (Wildman–Crippen LogP) is 1.47. The van der Waals surface area contributed by atoms with Crippen molar-refractivity contribution in [3.05, 3.63) is 0 Å². The Morgan fingerprint density at radius 3 is 2.62 bits per heavy atom. The first kappa shape index (κ1) is 19.5. The number of nitrogens with one attached hydrogen (secondary N) is 2. The molecule has 0 aromatic carbocycles. The Balaban J connectivity index is 1.56.